The van der Waals surface area contributed by atoms with Crippen LogP contribution in [0.1, 0.15) is 16.7 Å². The molecule has 6 nitrogen and oxygen atoms in total. The highest BCUT2D eigenvalue weighted by Crippen LogP contribution is 2.24. The van der Waals surface area contributed by atoms with Crippen LogP contribution in [0.2, 0.25) is 0 Å². The van der Waals surface area contributed by atoms with E-state index in [4.69, 9.17) is 0 Å². The molecule has 7 heteroatoms. The van der Waals surface area contributed by atoms with Crippen molar-refractivity contribution in [3.8, 4) is 11.4 Å². The molecule has 0 aliphatic carbocycles. The van der Waals surface area contributed by atoms with Gasteiger partial charge in [0.05, 0.1) is 11.4 Å². The Labute approximate surface area is 155 Å². The minimum atomic E-state index is 0.785. The topological polar surface area (TPSA) is 61.4 Å². The van der Waals surface area contributed by atoms with Crippen LogP contribution in [0.4, 0.5) is 0 Å². The van der Waals surface area contributed by atoms with Gasteiger partial charge in [-0.3, -0.25) is 0 Å². The van der Waals surface area contributed by atoms with Gasteiger partial charge in [-0.25, -0.2) is 4.68 Å². The fraction of sp³-hybridized carbons (Fsp3) is 0.158. The third kappa shape index (κ3) is 3.39. The molecule has 0 amide bonds. The monoisotopic (exact) mass is 362 g/mol. The van der Waals surface area contributed by atoms with E-state index in [1.165, 1.54) is 11.1 Å². The lowest BCUT2D eigenvalue weighted by atomic mass is 10.1. The smallest absolute Gasteiger partial charge is 0.214 e. The van der Waals surface area contributed by atoms with Gasteiger partial charge in [-0.2, -0.15) is 9.78 Å². The van der Waals surface area contributed by atoms with Crippen LogP contribution in [0.15, 0.2) is 66.1 Å². The van der Waals surface area contributed by atoms with Gasteiger partial charge in [0, 0.05) is 18.1 Å². The van der Waals surface area contributed by atoms with E-state index in [1.54, 1.807) is 22.6 Å². The molecule has 0 saturated heterocycles. The molecule has 2 aromatic carbocycles. The number of hydrogen-bond acceptors (Lipinski definition) is 5. The highest BCUT2D eigenvalue weighted by atomic mass is 32.2. The first-order valence-electron chi connectivity index (χ1n) is 8.28. The highest BCUT2D eigenvalue weighted by molar-refractivity contribution is 7.98. The number of aromatic nitrogens is 6. The summed E-state index contributed by atoms with van der Waals surface area (Å²) in [7, 11) is 0. The van der Waals surface area contributed by atoms with E-state index in [0.717, 1.165) is 27.8 Å². The standard InChI is InChI=1S/C19H18N6S/c1-14-4-9-18(15(2)12-14)25-19(21-22-23-25)26-13-16-5-7-17(8-6-16)24-11-3-10-20-24/h3-12H,13H2,1-2H3. The molecule has 0 atom stereocenters. The number of thioether (sulfide) groups is 1. The van der Waals surface area contributed by atoms with Crippen molar-refractivity contribution in [3.05, 3.63) is 77.6 Å². The molecule has 0 unspecified atom stereocenters. The molecule has 2 aromatic heterocycles. The minimum Gasteiger partial charge on any atom is -0.241 e. The lowest BCUT2D eigenvalue weighted by molar-refractivity contribution is 0.751. The van der Waals surface area contributed by atoms with E-state index in [-0.39, 0.29) is 0 Å². The molecule has 4 aromatic rings. The fourth-order valence-electron chi connectivity index (χ4n) is 2.78. The van der Waals surface area contributed by atoms with Crippen LogP contribution in [0.25, 0.3) is 11.4 Å². The van der Waals surface area contributed by atoms with E-state index in [9.17, 15) is 0 Å². The molecule has 0 spiro atoms. The summed E-state index contributed by atoms with van der Waals surface area (Å²) in [6.07, 6.45) is 3.71. The van der Waals surface area contributed by atoms with E-state index in [0.29, 0.717) is 0 Å². The summed E-state index contributed by atoms with van der Waals surface area (Å²) in [6.45, 7) is 4.16. The molecular weight excluding hydrogens is 344 g/mol. The Morgan fingerprint density at radius 1 is 1.04 bits per heavy atom. The van der Waals surface area contributed by atoms with Crippen LogP contribution in [-0.2, 0) is 5.75 Å². The average Bonchev–Trinajstić information content (AvgIpc) is 3.32. The minimum absolute atomic E-state index is 0.785. The zero-order valence-electron chi connectivity index (χ0n) is 14.6. The van der Waals surface area contributed by atoms with Gasteiger partial charge in [-0.15, -0.1) is 5.10 Å². The average molecular weight is 362 g/mol. The van der Waals surface area contributed by atoms with Crippen LogP contribution in [0, 0.1) is 13.8 Å². The maximum absolute atomic E-state index is 4.24. The van der Waals surface area contributed by atoms with E-state index >= 15 is 0 Å². The van der Waals surface area contributed by atoms with Crippen molar-refractivity contribution < 1.29 is 0 Å². The van der Waals surface area contributed by atoms with Crippen molar-refractivity contribution in [2.45, 2.75) is 24.8 Å². The first-order chi connectivity index (χ1) is 12.7. The van der Waals surface area contributed by atoms with Crippen molar-refractivity contribution in [1.82, 2.24) is 30.0 Å². The molecule has 130 valence electrons. The second-order valence-electron chi connectivity index (χ2n) is 6.07. The number of hydrogen-bond donors (Lipinski definition) is 0. The highest BCUT2D eigenvalue weighted by Gasteiger charge is 2.11. The Kier molecular flexibility index (Phi) is 4.53. The number of benzene rings is 2. The van der Waals surface area contributed by atoms with Crippen molar-refractivity contribution in [3.63, 3.8) is 0 Å². The van der Waals surface area contributed by atoms with Crippen LogP contribution in [-0.4, -0.2) is 30.0 Å². The van der Waals surface area contributed by atoms with E-state index in [1.807, 2.05) is 16.9 Å². The Bertz CT molecular complexity index is 1000. The molecule has 0 fully saturated rings. The van der Waals surface area contributed by atoms with Gasteiger partial charge >= 0.3 is 0 Å². The molecule has 0 aliphatic heterocycles. The van der Waals surface area contributed by atoms with Gasteiger partial charge < -0.3 is 0 Å². The van der Waals surface area contributed by atoms with Crippen LogP contribution in [0.5, 0.6) is 0 Å². The SMILES string of the molecule is Cc1ccc(-n2nnnc2SCc2ccc(-n3cccn3)cc2)c(C)c1. The second kappa shape index (κ2) is 7.13. The molecule has 0 radical (unpaired) electrons. The number of tetrazole rings is 1. The zero-order chi connectivity index (χ0) is 17.9. The molecule has 0 N–H and O–H groups in total. The summed E-state index contributed by atoms with van der Waals surface area (Å²) < 4.78 is 3.65. The maximum atomic E-state index is 4.24. The summed E-state index contributed by atoms with van der Waals surface area (Å²) in [5.74, 6) is 0.796. The lowest BCUT2D eigenvalue weighted by Crippen LogP contribution is -2.02. The normalized spacial score (nSPS) is 11.0. The van der Waals surface area contributed by atoms with Crippen LogP contribution < -0.4 is 0 Å². The van der Waals surface area contributed by atoms with Crippen molar-refractivity contribution in [2.24, 2.45) is 0 Å². The molecular formula is C19H18N6S. The Hall–Kier alpha value is -2.93. The summed E-state index contributed by atoms with van der Waals surface area (Å²) in [5, 5.41) is 17.2. The predicted molar refractivity (Wildman–Crippen MR) is 102 cm³/mol. The van der Waals surface area contributed by atoms with Crippen molar-refractivity contribution >= 4 is 11.8 Å². The Morgan fingerprint density at radius 3 is 2.62 bits per heavy atom. The van der Waals surface area contributed by atoms with Crippen LogP contribution in [0.3, 0.4) is 0 Å². The number of aryl methyl sites for hydroxylation is 2. The largest absolute Gasteiger partial charge is 0.241 e. The summed E-state index contributed by atoms with van der Waals surface area (Å²) >= 11 is 1.62. The van der Waals surface area contributed by atoms with E-state index in [2.05, 4.69) is 76.9 Å². The van der Waals surface area contributed by atoms with E-state index < -0.39 is 0 Å². The van der Waals surface area contributed by atoms with Gasteiger partial charge in [0.1, 0.15) is 0 Å². The van der Waals surface area contributed by atoms with Crippen molar-refractivity contribution in [1.29, 1.82) is 0 Å². The van der Waals surface area contributed by atoms with Gasteiger partial charge in [-0.1, -0.05) is 41.6 Å². The quantitative estimate of drug-likeness (QED) is 0.506. The van der Waals surface area contributed by atoms with Gasteiger partial charge in [-0.05, 0) is 59.7 Å². The third-order valence-corrected chi connectivity index (χ3v) is 5.09. The molecule has 4 rings (SSSR count). The predicted octanol–water partition coefficient (Wildman–Crippen LogP) is 3.76. The first-order valence-corrected chi connectivity index (χ1v) is 9.27. The molecule has 0 saturated carbocycles. The van der Waals surface area contributed by atoms with Gasteiger partial charge in [0.25, 0.3) is 0 Å². The molecule has 26 heavy (non-hydrogen) atoms. The number of rotatable bonds is 5. The molecule has 0 bridgehead atoms. The Balaban J connectivity index is 1.50. The van der Waals surface area contributed by atoms with Crippen LogP contribution >= 0.6 is 11.8 Å². The summed E-state index contributed by atoms with van der Waals surface area (Å²) in [6, 6.07) is 16.5. The Morgan fingerprint density at radius 2 is 1.88 bits per heavy atom. The second-order valence-corrected chi connectivity index (χ2v) is 7.01. The number of nitrogens with zero attached hydrogens (tertiary/aromatic N) is 6. The summed E-state index contributed by atoms with van der Waals surface area (Å²) in [4.78, 5) is 0. The fourth-order valence-corrected chi connectivity index (χ4v) is 3.62. The van der Waals surface area contributed by atoms with Gasteiger partial charge in [0.2, 0.25) is 5.16 Å². The zero-order valence-corrected chi connectivity index (χ0v) is 15.4. The first kappa shape index (κ1) is 16.5. The lowest BCUT2D eigenvalue weighted by Gasteiger charge is -2.08. The molecule has 0 aliphatic rings. The third-order valence-electron chi connectivity index (χ3n) is 4.09. The van der Waals surface area contributed by atoms with Gasteiger partial charge in [0.15, 0.2) is 0 Å². The molecule has 2 heterocycles. The maximum Gasteiger partial charge on any atom is 0.214 e. The summed E-state index contributed by atoms with van der Waals surface area (Å²) in [5.41, 5.74) is 5.65. The van der Waals surface area contributed by atoms with Crippen molar-refractivity contribution in [2.75, 3.05) is 0 Å².